The maximum atomic E-state index is 13.0. The minimum Gasteiger partial charge on any atom is -0.490 e. The molecule has 1 aromatic heterocycles. The lowest BCUT2D eigenvalue weighted by Gasteiger charge is -2.33. The van der Waals surface area contributed by atoms with Gasteiger partial charge in [0, 0.05) is 58.0 Å². The van der Waals surface area contributed by atoms with E-state index in [0.29, 0.717) is 24.6 Å². The van der Waals surface area contributed by atoms with Gasteiger partial charge in [-0.05, 0) is 68.0 Å². The van der Waals surface area contributed by atoms with E-state index in [1.165, 1.54) is 6.92 Å². The number of amides is 2. The summed E-state index contributed by atoms with van der Waals surface area (Å²) in [6, 6.07) is 13.6. The van der Waals surface area contributed by atoms with Crippen LogP contribution in [0.1, 0.15) is 48.7 Å². The highest BCUT2D eigenvalue weighted by molar-refractivity contribution is 5.94. The minimum atomic E-state index is -0.0204. The number of benzene rings is 1. The third kappa shape index (κ3) is 6.78. The van der Waals surface area contributed by atoms with Gasteiger partial charge in [-0.1, -0.05) is 6.07 Å². The number of piperidine rings is 2. The van der Waals surface area contributed by atoms with Crippen LogP contribution in [0.15, 0.2) is 48.7 Å². The zero-order valence-electron chi connectivity index (χ0n) is 19.4. The summed E-state index contributed by atoms with van der Waals surface area (Å²) in [7, 11) is 0. The average molecular weight is 451 g/mol. The second-order valence-electron chi connectivity index (χ2n) is 9.14. The topological polar surface area (TPSA) is 74.8 Å². The van der Waals surface area contributed by atoms with Gasteiger partial charge in [0.15, 0.2) is 0 Å². The molecule has 0 bridgehead atoms. The van der Waals surface area contributed by atoms with Crippen LogP contribution in [0, 0.1) is 5.92 Å². The fourth-order valence-electron chi connectivity index (χ4n) is 4.66. The van der Waals surface area contributed by atoms with Crippen LogP contribution in [-0.4, -0.2) is 65.4 Å². The van der Waals surface area contributed by atoms with Crippen molar-refractivity contribution >= 4 is 11.8 Å². The molecule has 7 heteroatoms. The van der Waals surface area contributed by atoms with E-state index in [1.54, 1.807) is 0 Å². The van der Waals surface area contributed by atoms with Gasteiger partial charge in [-0.2, -0.15) is 0 Å². The van der Waals surface area contributed by atoms with Crippen LogP contribution < -0.4 is 10.1 Å². The Morgan fingerprint density at radius 1 is 1.06 bits per heavy atom. The number of carbonyl (C=O) groups is 2. The zero-order chi connectivity index (χ0) is 23.0. The van der Waals surface area contributed by atoms with Crippen LogP contribution in [0.25, 0.3) is 0 Å². The van der Waals surface area contributed by atoms with Crippen molar-refractivity contribution in [2.45, 2.75) is 45.3 Å². The van der Waals surface area contributed by atoms with Crippen LogP contribution in [0.5, 0.6) is 5.75 Å². The lowest BCUT2D eigenvalue weighted by atomic mass is 9.97. The van der Waals surface area contributed by atoms with Gasteiger partial charge < -0.3 is 15.0 Å². The lowest BCUT2D eigenvalue weighted by Crippen LogP contribution is -2.43. The first-order chi connectivity index (χ1) is 16.1. The molecule has 0 radical (unpaired) electrons. The maximum Gasteiger partial charge on any atom is 0.253 e. The largest absolute Gasteiger partial charge is 0.490 e. The molecular formula is C26H34N4O3. The van der Waals surface area contributed by atoms with Crippen molar-refractivity contribution in [2.24, 2.45) is 5.92 Å². The molecule has 1 N–H and O–H groups in total. The molecule has 3 heterocycles. The van der Waals surface area contributed by atoms with Crippen molar-refractivity contribution in [3.05, 3.63) is 59.9 Å². The SMILES string of the molecule is CC(=O)NC[C@H]1CCCN(C(=O)c2ccc(OC3CCN(Cc4ccccn4)CC3)cc2)C1. The van der Waals surface area contributed by atoms with E-state index in [9.17, 15) is 9.59 Å². The van der Waals surface area contributed by atoms with Crippen molar-refractivity contribution in [1.29, 1.82) is 0 Å². The Morgan fingerprint density at radius 2 is 1.85 bits per heavy atom. The van der Waals surface area contributed by atoms with E-state index in [0.717, 1.165) is 63.3 Å². The number of ether oxygens (including phenoxy) is 1. The highest BCUT2D eigenvalue weighted by Crippen LogP contribution is 2.22. The summed E-state index contributed by atoms with van der Waals surface area (Å²) >= 11 is 0. The molecule has 33 heavy (non-hydrogen) atoms. The van der Waals surface area contributed by atoms with Crippen molar-refractivity contribution in [3.8, 4) is 5.75 Å². The first kappa shape index (κ1) is 23.2. The highest BCUT2D eigenvalue weighted by Gasteiger charge is 2.25. The predicted octanol–water partition coefficient (Wildman–Crippen LogP) is 3.11. The van der Waals surface area contributed by atoms with Gasteiger partial charge in [0.1, 0.15) is 11.9 Å². The zero-order valence-corrected chi connectivity index (χ0v) is 19.4. The van der Waals surface area contributed by atoms with Gasteiger partial charge in [-0.15, -0.1) is 0 Å². The fraction of sp³-hybridized carbons (Fsp3) is 0.500. The lowest BCUT2D eigenvalue weighted by molar-refractivity contribution is -0.119. The van der Waals surface area contributed by atoms with Crippen LogP contribution >= 0.6 is 0 Å². The van der Waals surface area contributed by atoms with Crippen LogP contribution in [0.3, 0.4) is 0 Å². The van der Waals surface area contributed by atoms with E-state index in [-0.39, 0.29) is 17.9 Å². The summed E-state index contributed by atoms with van der Waals surface area (Å²) in [6.45, 7) is 6.48. The van der Waals surface area contributed by atoms with Gasteiger partial charge in [-0.3, -0.25) is 19.5 Å². The first-order valence-corrected chi connectivity index (χ1v) is 12.0. The normalized spacial score (nSPS) is 19.8. The van der Waals surface area contributed by atoms with Crippen molar-refractivity contribution in [2.75, 3.05) is 32.7 Å². The summed E-state index contributed by atoms with van der Waals surface area (Å²) in [5.74, 6) is 1.17. The van der Waals surface area contributed by atoms with E-state index < -0.39 is 0 Å². The summed E-state index contributed by atoms with van der Waals surface area (Å²) in [6.07, 6.45) is 6.01. The number of hydrogen-bond acceptors (Lipinski definition) is 5. The molecule has 176 valence electrons. The summed E-state index contributed by atoms with van der Waals surface area (Å²) in [5, 5.41) is 2.88. The molecule has 0 aliphatic carbocycles. The number of rotatable bonds is 7. The third-order valence-electron chi connectivity index (χ3n) is 6.50. The average Bonchev–Trinajstić information content (AvgIpc) is 2.85. The standard InChI is InChI=1S/C26H34N4O3/c1-20(31)28-17-21-5-4-14-30(18-21)26(32)22-7-9-24(10-8-22)33-25-11-15-29(16-12-25)19-23-6-2-3-13-27-23/h2-3,6-10,13,21,25H,4-5,11-12,14-19H2,1H3,(H,28,31)/t21-/m1/s1. The number of pyridine rings is 1. The summed E-state index contributed by atoms with van der Waals surface area (Å²) in [5.41, 5.74) is 1.79. The molecule has 2 aromatic rings. The molecular weight excluding hydrogens is 416 g/mol. The van der Waals surface area contributed by atoms with Crippen LogP contribution in [0.2, 0.25) is 0 Å². The minimum absolute atomic E-state index is 0.0204. The van der Waals surface area contributed by atoms with E-state index in [4.69, 9.17) is 4.74 Å². The number of aromatic nitrogens is 1. The Labute approximate surface area is 196 Å². The monoisotopic (exact) mass is 450 g/mol. The molecule has 0 saturated carbocycles. The smallest absolute Gasteiger partial charge is 0.253 e. The van der Waals surface area contributed by atoms with E-state index in [2.05, 4.69) is 21.3 Å². The summed E-state index contributed by atoms with van der Waals surface area (Å²) in [4.78, 5) is 32.9. The first-order valence-electron chi connectivity index (χ1n) is 12.0. The van der Waals surface area contributed by atoms with E-state index in [1.807, 2.05) is 47.5 Å². The molecule has 2 amide bonds. The van der Waals surface area contributed by atoms with Crippen molar-refractivity contribution < 1.29 is 14.3 Å². The Bertz CT molecular complexity index is 911. The van der Waals surface area contributed by atoms with Gasteiger partial charge in [-0.25, -0.2) is 0 Å². The Hall–Kier alpha value is -2.93. The number of nitrogens with zero attached hydrogens (tertiary/aromatic N) is 3. The molecule has 4 rings (SSSR count). The number of likely N-dealkylation sites (tertiary alicyclic amines) is 2. The van der Waals surface area contributed by atoms with Gasteiger partial charge in [0.2, 0.25) is 5.91 Å². The predicted molar refractivity (Wildman–Crippen MR) is 127 cm³/mol. The maximum absolute atomic E-state index is 13.0. The molecule has 1 aromatic carbocycles. The third-order valence-corrected chi connectivity index (χ3v) is 6.50. The fourth-order valence-corrected chi connectivity index (χ4v) is 4.66. The number of hydrogen-bond donors (Lipinski definition) is 1. The van der Waals surface area contributed by atoms with Gasteiger partial charge >= 0.3 is 0 Å². The molecule has 2 fully saturated rings. The van der Waals surface area contributed by atoms with Crippen molar-refractivity contribution in [1.82, 2.24) is 20.1 Å². The van der Waals surface area contributed by atoms with Crippen LogP contribution in [-0.2, 0) is 11.3 Å². The molecule has 2 aliphatic heterocycles. The summed E-state index contributed by atoms with van der Waals surface area (Å²) < 4.78 is 6.20. The quantitative estimate of drug-likeness (QED) is 0.702. The number of carbonyl (C=O) groups excluding carboxylic acids is 2. The Balaban J connectivity index is 1.24. The number of nitrogens with one attached hydrogen (secondary N) is 1. The molecule has 2 saturated heterocycles. The van der Waals surface area contributed by atoms with Gasteiger partial charge in [0.05, 0.1) is 5.69 Å². The molecule has 7 nitrogen and oxygen atoms in total. The molecule has 2 aliphatic rings. The van der Waals surface area contributed by atoms with Crippen molar-refractivity contribution in [3.63, 3.8) is 0 Å². The van der Waals surface area contributed by atoms with Gasteiger partial charge in [0.25, 0.3) is 5.91 Å². The molecule has 0 unspecified atom stereocenters. The Morgan fingerprint density at radius 3 is 2.55 bits per heavy atom. The second kappa shape index (κ2) is 11.3. The second-order valence-corrected chi connectivity index (χ2v) is 9.14. The molecule has 0 spiro atoms. The van der Waals surface area contributed by atoms with Crippen LogP contribution in [0.4, 0.5) is 0 Å². The highest BCUT2D eigenvalue weighted by atomic mass is 16.5. The van der Waals surface area contributed by atoms with E-state index >= 15 is 0 Å². The molecule has 1 atom stereocenters. The Kier molecular flexibility index (Phi) is 7.94.